The van der Waals surface area contributed by atoms with E-state index >= 15 is 0 Å². The van der Waals surface area contributed by atoms with E-state index in [1.807, 2.05) is 13.1 Å². The number of amides is 2. The molecular formula is C16H25N3O. The Morgan fingerprint density at radius 1 is 1.40 bits per heavy atom. The van der Waals surface area contributed by atoms with Crippen LogP contribution in [0.25, 0.3) is 0 Å². The highest BCUT2D eigenvalue weighted by atomic mass is 16.2. The minimum atomic E-state index is -0.0318. The SMILES string of the molecule is CCNC(CC(C)C)c1ccc2c(c1)CN(C)C(=O)N2. The van der Waals surface area contributed by atoms with E-state index in [9.17, 15) is 4.79 Å². The summed E-state index contributed by atoms with van der Waals surface area (Å²) in [5.74, 6) is 0.650. The molecule has 0 bridgehead atoms. The van der Waals surface area contributed by atoms with Crippen LogP contribution < -0.4 is 10.6 Å². The molecule has 110 valence electrons. The van der Waals surface area contributed by atoms with E-state index in [0.717, 1.165) is 18.7 Å². The smallest absolute Gasteiger partial charge is 0.321 e. The fourth-order valence-corrected chi connectivity index (χ4v) is 2.68. The summed E-state index contributed by atoms with van der Waals surface area (Å²) < 4.78 is 0. The van der Waals surface area contributed by atoms with Gasteiger partial charge in [-0.3, -0.25) is 0 Å². The summed E-state index contributed by atoms with van der Waals surface area (Å²) in [6, 6.07) is 6.73. The lowest BCUT2D eigenvalue weighted by Gasteiger charge is -2.28. The minimum Gasteiger partial charge on any atom is -0.323 e. The Kier molecular flexibility index (Phi) is 4.65. The predicted molar refractivity (Wildman–Crippen MR) is 82.8 cm³/mol. The molecule has 2 N–H and O–H groups in total. The molecule has 4 nitrogen and oxygen atoms in total. The molecule has 1 aliphatic rings. The van der Waals surface area contributed by atoms with Gasteiger partial charge in [-0.05, 0) is 36.1 Å². The number of carbonyl (C=O) groups excluding carboxylic acids is 1. The standard InChI is InChI=1S/C16H25N3O/c1-5-17-15(8-11(2)3)12-6-7-14-13(9-12)10-19(4)16(20)18-14/h6-7,9,11,15,17H,5,8,10H2,1-4H3,(H,18,20). The van der Waals surface area contributed by atoms with Gasteiger partial charge in [0.15, 0.2) is 0 Å². The van der Waals surface area contributed by atoms with Crippen LogP contribution in [0.15, 0.2) is 18.2 Å². The molecule has 2 rings (SSSR count). The lowest BCUT2D eigenvalue weighted by atomic mass is 9.94. The van der Waals surface area contributed by atoms with Gasteiger partial charge in [0.25, 0.3) is 0 Å². The number of fused-ring (bicyclic) bond motifs is 1. The second-order valence-corrected chi connectivity index (χ2v) is 5.94. The Bertz CT molecular complexity index is 485. The monoisotopic (exact) mass is 275 g/mol. The molecule has 2 amide bonds. The van der Waals surface area contributed by atoms with Crippen molar-refractivity contribution in [3.8, 4) is 0 Å². The number of hydrogen-bond donors (Lipinski definition) is 2. The maximum absolute atomic E-state index is 11.6. The molecule has 0 radical (unpaired) electrons. The first-order chi connectivity index (χ1) is 9.51. The van der Waals surface area contributed by atoms with Crippen LogP contribution >= 0.6 is 0 Å². The van der Waals surface area contributed by atoms with Crippen LogP contribution in [-0.4, -0.2) is 24.5 Å². The van der Waals surface area contributed by atoms with Crippen molar-refractivity contribution in [1.29, 1.82) is 0 Å². The van der Waals surface area contributed by atoms with Gasteiger partial charge in [0.2, 0.25) is 0 Å². The number of carbonyl (C=O) groups is 1. The number of nitrogens with zero attached hydrogens (tertiary/aromatic N) is 1. The van der Waals surface area contributed by atoms with E-state index in [1.165, 1.54) is 11.1 Å². The summed E-state index contributed by atoms with van der Waals surface area (Å²) >= 11 is 0. The van der Waals surface area contributed by atoms with E-state index in [0.29, 0.717) is 18.5 Å². The van der Waals surface area contributed by atoms with Gasteiger partial charge in [-0.2, -0.15) is 0 Å². The first-order valence-electron chi connectivity index (χ1n) is 7.39. The van der Waals surface area contributed by atoms with Crippen molar-refractivity contribution in [2.45, 2.75) is 39.8 Å². The molecule has 0 saturated heterocycles. The molecule has 1 aromatic rings. The van der Waals surface area contributed by atoms with Gasteiger partial charge in [0, 0.05) is 25.3 Å². The Balaban J connectivity index is 2.24. The molecule has 0 aliphatic carbocycles. The van der Waals surface area contributed by atoms with Gasteiger partial charge < -0.3 is 15.5 Å². The molecule has 1 aromatic carbocycles. The lowest BCUT2D eigenvalue weighted by molar-refractivity contribution is 0.218. The van der Waals surface area contributed by atoms with Crippen molar-refractivity contribution in [3.63, 3.8) is 0 Å². The average Bonchev–Trinajstić information content (AvgIpc) is 2.38. The molecule has 20 heavy (non-hydrogen) atoms. The van der Waals surface area contributed by atoms with Crippen LogP contribution in [0.4, 0.5) is 10.5 Å². The van der Waals surface area contributed by atoms with Crippen molar-refractivity contribution in [2.24, 2.45) is 5.92 Å². The summed E-state index contributed by atoms with van der Waals surface area (Å²) in [7, 11) is 1.82. The third-order valence-corrected chi connectivity index (χ3v) is 3.69. The van der Waals surface area contributed by atoms with Crippen molar-refractivity contribution < 1.29 is 4.79 Å². The summed E-state index contributed by atoms with van der Waals surface area (Å²) in [4.78, 5) is 13.3. The fourth-order valence-electron chi connectivity index (χ4n) is 2.68. The fraction of sp³-hybridized carbons (Fsp3) is 0.562. The molecule has 4 heteroatoms. The first-order valence-corrected chi connectivity index (χ1v) is 7.39. The topological polar surface area (TPSA) is 44.4 Å². The highest BCUT2D eigenvalue weighted by Crippen LogP contribution is 2.28. The second kappa shape index (κ2) is 6.27. The van der Waals surface area contributed by atoms with E-state index in [2.05, 4.69) is 43.5 Å². The Hall–Kier alpha value is -1.55. The van der Waals surface area contributed by atoms with Crippen LogP contribution in [0.5, 0.6) is 0 Å². The second-order valence-electron chi connectivity index (χ2n) is 5.94. The molecule has 0 saturated carbocycles. The average molecular weight is 275 g/mol. The Morgan fingerprint density at radius 3 is 2.80 bits per heavy atom. The number of hydrogen-bond acceptors (Lipinski definition) is 2. The zero-order valence-electron chi connectivity index (χ0n) is 12.9. The maximum Gasteiger partial charge on any atom is 0.321 e. The van der Waals surface area contributed by atoms with Crippen LogP contribution in [0.3, 0.4) is 0 Å². The number of anilines is 1. The van der Waals surface area contributed by atoms with Crippen LogP contribution in [0.1, 0.15) is 44.4 Å². The van der Waals surface area contributed by atoms with Crippen molar-refractivity contribution in [1.82, 2.24) is 10.2 Å². The molecule has 1 aliphatic heterocycles. The van der Waals surface area contributed by atoms with E-state index in [1.54, 1.807) is 4.90 Å². The zero-order chi connectivity index (χ0) is 14.7. The molecule has 1 atom stereocenters. The van der Waals surface area contributed by atoms with Gasteiger partial charge in [0.05, 0.1) is 0 Å². The number of urea groups is 1. The lowest BCUT2D eigenvalue weighted by Crippen LogP contribution is -2.35. The van der Waals surface area contributed by atoms with E-state index in [-0.39, 0.29) is 6.03 Å². The third-order valence-electron chi connectivity index (χ3n) is 3.69. The number of benzene rings is 1. The molecule has 0 aromatic heterocycles. The summed E-state index contributed by atoms with van der Waals surface area (Å²) in [5, 5.41) is 6.47. The highest BCUT2D eigenvalue weighted by molar-refractivity contribution is 5.92. The van der Waals surface area contributed by atoms with Crippen molar-refractivity contribution in [3.05, 3.63) is 29.3 Å². The normalized spacial score (nSPS) is 16.1. The van der Waals surface area contributed by atoms with E-state index in [4.69, 9.17) is 0 Å². The van der Waals surface area contributed by atoms with Gasteiger partial charge in [0.1, 0.15) is 0 Å². The van der Waals surface area contributed by atoms with Crippen LogP contribution in [0, 0.1) is 5.92 Å². The predicted octanol–water partition coefficient (Wildman–Crippen LogP) is 3.36. The van der Waals surface area contributed by atoms with Gasteiger partial charge in [-0.1, -0.05) is 32.9 Å². The molecular weight excluding hydrogens is 250 g/mol. The summed E-state index contributed by atoms with van der Waals surface area (Å²) in [6.07, 6.45) is 1.12. The Labute approximate surface area is 121 Å². The third kappa shape index (κ3) is 3.31. The minimum absolute atomic E-state index is 0.0318. The van der Waals surface area contributed by atoms with Gasteiger partial charge in [-0.25, -0.2) is 4.79 Å². The van der Waals surface area contributed by atoms with Crippen molar-refractivity contribution in [2.75, 3.05) is 18.9 Å². The van der Waals surface area contributed by atoms with Crippen LogP contribution in [-0.2, 0) is 6.54 Å². The largest absolute Gasteiger partial charge is 0.323 e. The molecule has 0 spiro atoms. The first kappa shape index (κ1) is 14.9. The maximum atomic E-state index is 11.6. The van der Waals surface area contributed by atoms with E-state index < -0.39 is 0 Å². The summed E-state index contributed by atoms with van der Waals surface area (Å²) in [5.41, 5.74) is 3.44. The zero-order valence-corrected chi connectivity index (χ0v) is 12.9. The van der Waals surface area contributed by atoms with Gasteiger partial charge >= 0.3 is 6.03 Å². The Morgan fingerprint density at radius 2 is 2.15 bits per heavy atom. The summed E-state index contributed by atoms with van der Waals surface area (Å²) in [6.45, 7) is 8.27. The quantitative estimate of drug-likeness (QED) is 0.865. The molecule has 1 heterocycles. The van der Waals surface area contributed by atoms with Crippen molar-refractivity contribution >= 4 is 11.7 Å². The number of rotatable bonds is 5. The molecule has 1 unspecified atom stereocenters. The van der Waals surface area contributed by atoms with Crippen LogP contribution in [0.2, 0.25) is 0 Å². The molecule has 0 fully saturated rings. The number of nitrogens with one attached hydrogen (secondary N) is 2. The van der Waals surface area contributed by atoms with Gasteiger partial charge in [-0.15, -0.1) is 0 Å². The highest BCUT2D eigenvalue weighted by Gasteiger charge is 2.21.